The number of rotatable bonds is 11. The number of halogens is 2. The Kier molecular flexibility index (Phi) is 8.98. The molecule has 1 aliphatic carbocycles. The quantitative estimate of drug-likeness (QED) is 0.463. The van der Waals surface area contributed by atoms with E-state index in [4.69, 9.17) is 4.74 Å². The van der Waals surface area contributed by atoms with E-state index in [0.717, 1.165) is 18.4 Å². The van der Waals surface area contributed by atoms with Crippen LogP contribution < -0.4 is 14.8 Å². The number of aromatic nitrogens is 1. The molecule has 2 aliphatic rings. The molecule has 9 nitrogen and oxygen atoms in total. The number of hydrogen-bond donors (Lipinski definition) is 1. The highest BCUT2D eigenvalue weighted by atomic mass is 19.3. The third kappa shape index (κ3) is 7.21. The number of nitrogens with zero attached hydrogens (tertiary/aromatic N) is 3. The summed E-state index contributed by atoms with van der Waals surface area (Å²) in [5, 5.41) is 2.84. The lowest BCUT2D eigenvalue weighted by atomic mass is 9.96. The summed E-state index contributed by atoms with van der Waals surface area (Å²) in [5.41, 5.74) is 1.41. The van der Waals surface area contributed by atoms with Gasteiger partial charge in [-0.15, -0.1) is 0 Å². The highest BCUT2D eigenvalue weighted by Gasteiger charge is 2.35. The first kappa shape index (κ1) is 28.3. The van der Waals surface area contributed by atoms with Crippen LogP contribution in [-0.4, -0.2) is 78.4 Å². The van der Waals surface area contributed by atoms with Gasteiger partial charge in [-0.1, -0.05) is 6.07 Å². The van der Waals surface area contributed by atoms with Crippen molar-refractivity contribution < 1.29 is 32.6 Å². The molecule has 1 unspecified atom stereocenters. The Morgan fingerprint density at radius 2 is 1.95 bits per heavy atom. The van der Waals surface area contributed by atoms with Crippen LogP contribution in [0.4, 0.5) is 8.78 Å². The van der Waals surface area contributed by atoms with Crippen LogP contribution in [0.3, 0.4) is 0 Å². The predicted octanol–water partition coefficient (Wildman–Crippen LogP) is 3.70. The van der Waals surface area contributed by atoms with Gasteiger partial charge in [0.15, 0.2) is 11.5 Å². The number of benzene rings is 1. The molecule has 0 radical (unpaired) electrons. The van der Waals surface area contributed by atoms with Gasteiger partial charge in [0.1, 0.15) is 5.69 Å². The van der Waals surface area contributed by atoms with Crippen LogP contribution in [0.15, 0.2) is 36.5 Å². The molecule has 0 bridgehead atoms. The van der Waals surface area contributed by atoms with Gasteiger partial charge in [0.2, 0.25) is 5.91 Å². The SMILES string of the molecule is CCN(C)C(=O)c1ccc(C(=O)NC[C@@H]2CC(c3ccc(OC(F)F)c(OCC4CC4)c3)CN2C(C)=O)nc1. The average molecular weight is 545 g/mol. The standard InChI is InChI=1S/C28H34F2N4O5/c1-4-33(3)27(37)20-7-9-23(31-13-20)26(36)32-14-22-11-21(15-34(22)17(2)35)19-8-10-24(39-28(29)30)25(12-19)38-16-18-5-6-18/h7-10,12-13,18,21-22,28H,4-6,11,14-16H2,1-3H3,(H,32,36)/t21?,22-/m0/s1. The summed E-state index contributed by atoms with van der Waals surface area (Å²) in [6.45, 7) is 2.02. The molecule has 0 spiro atoms. The maximum atomic E-state index is 12.9. The summed E-state index contributed by atoms with van der Waals surface area (Å²) >= 11 is 0. The molecule has 2 heterocycles. The molecule has 1 N–H and O–H groups in total. The van der Waals surface area contributed by atoms with Crippen molar-refractivity contribution in [2.24, 2.45) is 5.92 Å². The zero-order valence-electron chi connectivity index (χ0n) is 22.4. The number of ether oxygens (including phenoxy) is 2. The summed E-state index contributed by atoms with van der Waals surface area (Å²) in [4.78, 5) is 44.8. The third-order valence-electron chi connectivity index (χ3n) is 7.21. The van der Waals surface area contributed by atoms with Crippen LogP contribution in [0.2, 0.25) is 0 Å². The monoisotopic (exact) mass is 544 g/mol. The lowest BCUT2D eigenvalue weighted by molar-refractivity contribution is -0.129. The largest absolute Gasteiger partial charge is 0.489 e. The summed E-state index contributed by atoms with van der Waals surface area (Å²) in [7, 11) is 1.69. The van der Waals surface area contributed by atoms with E-state index in [1.807, 2.05) is 6.92 Å². The Hall–Kier alpha value is -3.76. The molecule has 3 amide bonds. The lowest BCUT2D eigenvalue weighted by Crippen LogP contribution is -2.42. The number of hydrogen-bond acceptors (Lipinski definition) is 6. The number of carbonyl (C=O) groups excluding carboxylic acids is 3. The molecule has 4 rings (SSSR count). The van der Waals surface area contributed by atoms with Gasteiger partial charge in [-0.05, 0) is 61.9 Å². The second-order valence-corrected chi connectivity index (χ2v) is 10.1. The van der Waals surface area contributed by atoms with Gasteiger partial charge in [-0.2, -0.15) is 8.78 Å². The molecule has 1 aliphatic heterocycles. The molecule has 2 aromatic rings. The first-order valence-electron chi connectivity index (χ1n) is 13.1. The average Bonchev–Trinajstić information content (AvgIpc) is 3.66. The van der Waals surface area contributed by atoms with Gasteiger partial charge >= 0.3 is 6.61 Å². The Balaban J connectivity index is 1.41. The van der Waals surface area contributed by atoms with E-state index in [0.29, 0.717) is 37.6 Å². The first-order valence-corrected chi connectivity index (χ1v) is 13.1. The molecule has 2 atom stereocenters. The molecule has 11 heteroatoms. The molecular weight excluding hydrogens is 510 g/mol. The first-order chi connectivity index (χ1) is 18.7. The number of alkyl halides is 2. The van der Waals surface area contributed by atoms with E-state index in [2.05, 4.69) is 15.0 Å². The Bertz CT molecular complexity index is 1190. The molecule has 210 valence electrons. The van der Waals surface area contributed by atoms with Crippen LogP contribution in [0.1, 0.15) is 65.4 Å². The molecule has 1 saturated carbocycles. The van der Waals surface area contributed by atoms with Gasteiger partial charge in [0, 0.05) is 51.8 Å². The van der Waals surface area contributed by atoms with E-state index in [1.54, 1.807) is 35.0 Å². The van der Waals surface area contributed by atoms with Crippen molar-refractivity contribution >= 4 is 17.7 Å². The van der Waals surface area contributed by atoms with E-state index in [1.165, 1.54) is 25.3 Å². The Morgan fingerprint density at radius 3 is 2.56 bits per heavy atom. The fourth-order valence-electron chi connectivity index (χ4n) is 4.63. The fraction of sp³-hybridized carbons (Fsp3) is 0.500. The van der Waals surface area contributed by atoms with Crippen molar-refractivity contribution in [3.8, 4) is 11.5 Å². The van der Waals surface area contributed by atoms with Crippen molar-refractivity contribution in [3.63, 3.8) is 0 Å². The van der Waals surface area contributed by atoms with Crippen molar-refractivity contribution in [1.82, 2.24) is 20.1 Å². The van der Waals surface area contributed by atoms with Gasteiger partial charge in [0.05, 0.1) is 12.2 Å². The topological polar surface area (TPSA) is 101 Å². The van der Waals surface area contributed by atoms with E-state index < -0.39 is 12.5 Å². The van der Waals surface area contributed by atoms with Gasteiger partial charge in [-0.3, -0.25) is 19.4 Å². The highest BCUT2D eigenvalue weighted by molar-refractivity contribution is 5.96. The van der Waals surface area contributed by atoms with Crippen LogP contribution in [0, 0.1) is 5.92 Å². The normalized spacial score (nSPS) is 18.7. The summed E-state index contributed by atoms with van der Waals surface area (Å²) in [5.74, 6) is -0.0935. The maximum absolute atomic E-state index is 12.9. The van der Waals surface area contributed by atoms with Crippen molar-refractivity contribution in [3.05, 3.63) is 53.3 Å². The molecule has 2 fully saturated rings. The zero-order valence-corrected chi connectivity index (χ0v) is 22.4. The summed E-state index contributed by atoms with van der Waals surface area (Å²) in [6, 6.07) is 7.71. The van der Waals surface area contributed by atoms with Crippen LogP contribution in [-0.2, 0) is 4.79 Å². The van der Waals surface area contributed by atoms with Gasteiger partial charge in [0.25, 0.3) is 11.8 Å². The lowest BCUT2D eigenvalue weighted by Gasteiger charge is -2.23. The number of likely N-dealkylation sites (tertiary alicyclic amines) is 1. The maximum Gasteiger partial charge on any atom is 0.387 e. The van der Waals surface area contributed by atoms with Crippen LogP contribution in [0.25, 0.3) is 0 Å². The van der Waals surface area contributed by atoms with Gasteiger partial charge in [-0.25, -0.2) is 0 Å². The number of amides is 3. The Morgan fingerprint density at radius 1 is 1.18 bits per heavy atom. The van der Waals surface area contributed by atoms with E-state index >= 15 is 0 Å². The third-order valence-corrected chi connectivity index (χ3v) is 7.21. The summed E-state index contributed by atoms with van der Waals surface area (Å²) in [6.07, 6.45) is 4.06. The highest BCUT2D eigenvalue weighted by Crippen LogP contribution is 2.38. The van der Waals surface area contributed by atoms with E-state index in [9.17, 15) is 23.2 Å². The number of carbonyl (C=O) groups is 3. The smallest absolute Gasteiger partial charge is 0.387 e. The second kappa shape index (κ2) is 12.4. The molecular formula is C28H34F2N4O5. The van der Waals surface area contributed by atoms with Crippen molar-refractivity contribution in [2.45, 2.75) is 51.7 Å². The van der Waals surface area contributed by atoms with Crippen LogP contribution >= 0.6 is 0 Å². The van der Waals surface area contributed by atoms with Gasteiger partial charge < -0.3 is 24.6 Å². The zero-order chi connectivity index (χ0) is 28.1. The van der Waals surface area contributed by atoms with Crippen LogP contribution in [0.5, 0.6) is 11.5 Å². The minimum absolute atomic E-state index is 0.0128. The summed E-state index contributed by atoms with van der Waals surface area (Å²) < 4.78 is 36.3. The van der Waals surface area contributed by atoms with Crippen molar-refractivity contribution in [1.29, 1.82) is 0 Å². The molecule has 1 aromatic carbocycles. The number of nitrogens with one attached hydrogen (secondary N) is 1. The minimum atomic E-state index is -2.96. The minimum Gasteiger partial charge on any atom is -0.489 e. The van der Waals surface area contributed by atoms with Crippen molar-refractivity contribution in [2.75, 3.05) is 33.3 Å². The molecule has 39 heavy (non-hydrogen) atoms. The molecule has 1 saturated heterocycles. The Labute approximate surface area is 226 Å². The second-order valence-electron chi connectivity index (χ2n) is 10.1. The van der Waals surface area contributed by atoms with E-state index in [-0.39, 0.29) is 47.5 Å². The predicted molar refractivity (Wildman–Crippen MR) is 139 cm³/mol. The molecule has 1 aromatic heterocycles. The number of pyridine rings is 1. The fourth-order valence-corrected chi connectivity index (χ4v) is 4.63.